The molecule has 27 heavy (non-hydrogen) atoms. The second kappa shape index (κ2) is 10.9. The fourth-order valence-corrected chi connectivity index (χ4v) is 4.39. The summed E-state index contributed by atoms with van der Waals surface area (Å²) in [6.07, 6.45) is 1.97. The Morgan fingerprint density at radius 2 is 2.11 bits per heavy atom. The number of hydrogen-bond donors (Lipinski definition) is 1. The van der Waals surface area contributed by atoms with Crippen molar-refractivity contribution in [2.75, 3.05) is 26.7 Å². The number of aryl methyl sites for hydroxylation is 2. The summed E-state index contributed by atoms with van der Waals surface area (Å²) in [5.74, 6) is 0.899. The van der Waals surface area contributed by atoms with Crippen molar-refractivity contribution in [2.24, 2.45) is 0 Å². The van der Waals surface area contributed by atoms with E-state index >= 15 is 0 Å². The maximum atomic E-state index is 13.2. The predicted octanol–water partition coefficient (Wildman–Crippen LogP) is 4.04. The summed E-state index contributed by atoms with van der Waals surface area (Å²) in [4.78, 5) is 20.6. The van der Waals surface area contributed by atoms with Crippen molar-refractivity contribution in [1.29, 1.82) is 0 Å². The van der Waals surface area contributed by atoms with Gasteiger partial charge in [0.1, 0.15) is 10.6 Å². The van der Waals surface area contributed by atoms with Gasteiger partial charge in [-0.1, -0.05) is 25.1 Å². The number of methoxy groups -OCH3 is 1. The second-order valence-electron chi connectivity index (χ2n) is 6.23. The number of carbonyl (C=O) groups is 1. The van der Waals surface area contributed by atoms with Gasteiger partial charge in [0.05, 0.1) is 23.9 Å². The van der Waals surface area contributed by atoms with Crippen LogP contribution < -0.4 is 10.1 Å². The van der Waals surface area contributed by atoms with Crippen LogP contribution in [-0.2, 0) is 6.42 Å². The van der Waals surface area contributed by atoms with Crippen molar-refractivity contribution < 1.29 is 9.53 Å². The zero-order valence-electron chi connectivity index (χ0n) is 15.9. The molecule has 1 aliphatic rings. The summed E-state index contributed by atoms with van der Waals surface area (Å²) in [5.41, 5.74) is 1.89. The second-order valence-corrected chi connectivity index (χ2v) is 7.32. The number of aromatic nitrogens is 1. The van der Waals surface area contributed by atoms with E-state index in [1.54, 1.807) is 7.11 Å². The Hall–Kier alpha value is -1.34. The van der Waals surface area contributed by atoms with Crippen LogP contribution in [0.25, 0.3) is 0 Å². The molecule has 1 aromatic carbocycles. The van der Waals surface area contributed by atoms with Gasteiger partial charge in [-0.15, -0.1) is 36.2 Å². The summed E-state index contributed by atoms with van der Waals surface area (Å²) >= 11 is 1.54. The number of halogens is 2. The van der Waals surface area contributed by atoms with Crippen molar-refractivity contribution in [3.63, 3.8) is 0 Å². The van der Waals surface area contributed by atoms with Crippen molar-refractivity contribution in [3.8, 4) is 5.75 Å². The Bertz CT molecular complexity index is 754. The minimum Gasteiger partial charge on any atom is -0.496 e. The molecular formula is C19H27Cl2N3O2S. The van der Waals surface area contributed by atoms with Crippen LogP contribution in [0.4, 0.5) is 0 Å². The number of rotatable bonds is 5. The summed E-state index contributed by atoms with van der Waals surface area (Å²) in [7, 11) is 1.67. The van der Waals surface area contributed by atoms with Crippen LogP contribution in [0.5, 0.6) is 5.75 Å². The molecule has 8 heteroatoms. The molecule has 2 heterocycles. The summed E-state index contributed by atoms with van der Waals surface area (Å²) in [6.45, 7) is 6.28. The van der Waals surface area contributed by atoms with Crippen molar-refractivity contribution >= 4 is 42.1 Å². The van der Waals surface area contributed by atoms with Gasteiger partial charge in [0.15, 0.2) is 0 Å². The number of ether oxygens (including phenoxy) is 1. The van der Waals surface area contributed by atoms with E-state index in [0.717, 1.165) is 52.8 Å². The quantitative estimate of drug-likeness (QED) is 0.775. The standard InChI is InChI=1S/C19H25N3O2S.2ClH/c1-4-7-17-21-13(2)18(25-17)19(23)22-11-10-20-12-15(22)14-8-5-6-9-16(14)24-3;;/h5-6,8-9,15,20H,4,7,10-12H2,1-3H3;2*1H. The van der Waals surface area contributed by atoms with Crippen LogP contribution in [-0.4, -0.2) is 42.5 Å². The van der Waals surface area contributed by atoms with Crippen LogP contribution in [0.2, 0.25) is 0 Å². The zero-order chi connectivity index (χ0) is 17.8. The number of thiazole rings is 1. The lowest BCUT2D eigenvalue weighted by Crippen LogP contribution is -2.48. The average Bonchev–Trinajstić information content (AvgIpc) is 3.01. The Labute approximate surface area is 177 Å². The maximum Gasteiger partial charge on any atom is 0.266 e. The van der Waals surface area contributed by atoms with Gasteiger partial charge in [0.25, 0.3) is 5.91 Å². The first-order valence-corrected chi connectivity index (χ1v) is 9.58. The molecule has 3 rings (SSSR count). The average molecular weight is 432 g/mol. The van der Waals surface area contributed by atoms with Gasteiger partial charge < -0.3 is 15.0 Å². The fourth-order valence-electron chi connectivity index (χ4n) is 3.27. The molecule has 1 unspecified atom stereocenters. The molecule has 150 valence electrons. The fraction of sp³-hybridized carbons (Fsp3) is 0.474. The third-order valence-electron chi connectivity index (χ3n) is 4.50. The summed E-state index contributed by atoms with van der Waals surface area (Å²) < 4.78 is 5.52. The Kier molecular flexibility index (Phi) is 9.53. The van der Waals surface area contributed by atoms with Gasteiger partial charge in [0.2, 0.25) is 0 Å². The van der Waals surface area contributed by atoms with Gasteiger partial charge in [-0.25, -0.2) is 4.98 Å². The van der Waals surface area contributed by atoms with E-state index in [0.29, 0.717) is 6.54 Å². The van der Waals surface area contributed by atoms with Gasteiger partial charge in [0, 0.05) is 25.2 Å². The van der Waals surface area contributed by atoms with E-state index in [-0.39, 0.29) is 36.8 Å². The van der Waals surface area contributed by atoms with E-state index in [1.807, 2.05) is 36.1 Å². The van der Waals surface area contributed by atoms with Gasteiger partial charge in [-0.2, -0.15) is 0 Å². The molecule has 0 spiro atoms. The highest BCUT2D eigenvalue weighted by Gasteiger charge is 2.32. The third-order valence-corrected chi connectivity index (χ3v) is 5.71. The number of carbonyl (C=O) groups excluding carboxylic acids is 1. The maximum absolute atomic E-state index is 13.2. The van der Waals surface area contributed by atoms with Crippen molar-refractivity contribution in [3.05, 3.63) is 45.4 Å². The van der Waals surface area contributed by atoms with Crippen molar-refractivity contribution in [1.82, 2.24) is 15.2 Å². The van der Waals surface area contributed by atoms with Crippen LogP contribution in [0.15, 0.2) is 24.3 Å². The first kappa shape index (κ1) is 23.7. The summed E-state index contributed by atoms with van der Waals surface area (Å²) in [5, 5.41) is 4.45. The molecule has 5 nitrogen and oxygen atoms in total. The van der Waals surface area contributed by atoms with E-state index in [4.69, 9.17) is 4.74 Å². The molecule has 1 fully saturated rings. The van der Waals surface area contributed by atoms with E-state index in [2.05, 4.69) is 17.2 Å². The van der Waals surface area contributed by atoms with Crippen LogP contribution in [0, 0.1) is 6.92 Å². The number of amides is 1. The number of benzene rings is 1. The van der Waals surface area contributed by atoms with Crippen LogP contribution >= 0.6 is 36.2 Å². The first-order valence-electron chi connectivity index (χ1n) is 8.76. The molecule has 2 aromatic rings. The lowest BCUT2D eigenvalue weighted by molar-refractivity contribution is 0.0635. The van der Waals surface area contributed by atoms with Gasteiger partial charge in [-0.05, 0) is 25.8 Å². The smallest absolute Gasteiger partial charge is 0.266 e. The van der Waals surface area contributed by atoms with Gasteiger partial charge in [-0.3, -0.25) is 4.79 Å². The van der Waals surface area contributed by atoms with Crippen molar-refractivity contribution in [2.45, 2.75) is 32.7 Å². The Balaban J connectivity index is 0.00000182. The molecule has 0 aliphatic carbocycles. The summed E-state index contributed by atoms with van der Waals surface area (Å²) in [6, 6.07) is 7.90. The molecule has 1 N–H and O–H groups in total. The van der Waals surface area contributed by atoms with Crippen LogP contribution in [0.3, 0.4) is 0 Å². The molecular weight excluding hydrogens is 405 g/mol. The monoisotopic (exact) mass is 431 g/mol. The largest absolute Gasteiger partial charge is 0.496 e. The SMILES string of the molecule is CCCc1nc(C)c(C(=O)N2CCNCC2c2ccccc2OC)s1.Cl.Cl. The highest BCUT2D eigenvalue weighted by atomic mass is 35.5. The lowest BCUT2D eigenvalue weighted by atomic mass is 10.0. The minimum atomic E-state index is -0.0338. The van der Waals surface area contributed by atoms with E-state index in [1.165, 1.54) is 11.3 Å². The van der Waals surface area contributed by atoms with Crippen LogP contribution in [0.1, 0.15) is 45.3 Å². The highest BCUT2D eigenvalue weighted by molar-refractivity contribution is 7.13. The zero-order valence-corrected chi connectivity index (χ0v) is 18.3. The molecule has 1 aliphatic heterocycles. The molecule has 0 radical (unpaired) electrons. The number of para-hydroxylation sites is 1. The molecule has 0 saturated carbocycles. The number of hydrogen-bond acceptors (Lipinski definition) is 5. The van der Waals surface area contributed by atoms with E-state index < -0.39 is 0 Å². The molecule has 1 aromatic heterocycles. The third kappa shape index (κ3) is 5.13. The topological polar surface area (TPSA) is 54.5 Å². The molecule has 1 amide bonds. The number of nitrogens with one attached hydrogen (secondary N) is 1. The minimum absolute atomic E-state index is 0. The lowest BCUT2D eigenvalue weighted by Gasteiger charge is -2.37. The Morgan fingerprint density at radius 1 is 1.37 bits per heavy atom. The predicted molar refractivity (Wildman–Crippen MR) is 115 cm³/mol. The number of piperazine rings is 1. The van der Waals surface area contributed by atoms with E-state index in [9.17, 15) is 4.79 Å². The normalized spacial score (nSPS) is 16.3. The Morgan fingerprint density at radius 3 is 2.81 bits per heavy atom. The highest BCUT2D eigenvalue weighted by Crippen LogP contribution is 2.32. The van der Waals surface area contributed by atoms with Gasteiger partial charge >= 0.3 is 0 Å². The molecule has 1 atom stereocenters. The first-order chi connectivity index (χ1) is 12.2. The number of nitrogens with zero attached hydrogens (tertiary/aromatic N) is 2. The molecule has 1 saturated heterocycles. The molecule has 0 bridgehead atoms.